The maximum atomic E-state index is 12.9. The van der Waals surface area contributed by atoms with Gasteiger partial charge in [-0.2, -0.15) is 0 Å². The number of rotatable bonds is 6. The fourth-order valence-corrected chi connectivity index (χ4v) is 3.65. The van der Waals surface area contributed by atoms with Gasteiger partial charge in [0.05, 0.1) is 10.0 Å². The first-order chi connectivity index (χ1) is 10.9. The first-order valence-electron chi connectivity index (χ1n) is 8.16. The van der Waals surface area contributed by atoms with Crippen LogP contribution in [0.3, 0.4) is 0 Å². The number of amides is 1. The molecule has 0 aliphatic rings. The topological polar surface area (TPSA) is 62.1 Å². The van der Waals surface area contributed by atoms with Gasteiger partial charge in [-0.25, -0.2) is 0 Å². The number of aromatic amines is 1. The smallest absolute Gasteiger partial charge is 0.232 e. The van der Waals surface area contributed by atoms with Crippen molar-refractivity contribution in [2.45, 2.75) is 39.5 Å². The maximum absolute atomic E-state index is 12.9. The molecule has 0 spiro atoms. The Balaban J connectivity index is 2.50. The molecule has 4 nitrogen and oxygen atoms in total. The number of carbonyl (C=O) groups excluding carboxylic acids is 1. The predicted molar refractivity (Wildman–Crippen MR) is 99.7 cm³/mol. The molecule has 1 aromatic heterocycles. The molecule has 2 rings (SSSR count). The van der Waals surface area contributed by atoms with Gasteiger partial charge >= 0.3 is 0 Å². The summed E-state index contributed by atoms with van der Waals surface area (Å²) in [6.45, 7) is 10.1. The Kier molecular flexibility index (Phi) is 5.53. The quantitative estimate of drug-likeness (QED) is 0.805. The highest BCUT2D eigenvalue weighted by atomic mass is 79.9. The second-order valence-electron chi connectivity index (χ2n) is 6.32. The highest BCUT2D eigenvalue weighted by Crippen LogP contribution is 2.32. The lowest BCUT2D eigenvalue weighted by atomic mass is 9.82. The molecule has 0 saturated carbocycles. The Morgan fingerprint density at radius 1 is 1.30 bits per heavy atom. The largest absolute Gasteiger partial charge is 0.349 e. The van der Waals surface area contributed by atoms with E-state index in [9.17, 15) is 4.79 Å². The van der Waals surface area contributed by atoms with Crippen molar-refractivity contribution in [2.75, 3.05) is 19.6 Å². The number of halogens is 1. The van der Waals surface area contributed by atoms with Gasteiger partial charge in [-0.3, -0.25) is 4.79 Å². The minimum absolute atomic E-state index is 0.164. The molecule has 1 heterocycles. The average Bonchev–Trinajstić information content (AvgIpc) is 2.84. The van der Waals surface area contributed by atoms with E-state index in [0.29, 0.717) is 6.54 Å². The third-order valence-electron chi connectivity index (χ3n) is 4.56. The number of fused-ring (bicyclic) bond motifs is 1. The second kappa shape index (κ2) is 7.05. The van der Waals surface area contributed by atoms with E-state index in [4.69, 9.17) is 5.73 Å². The Hall–Kier alpha value is -1.33. The van der Waals surface area contributed by atoms with Gasteiger partial charge in [0.1, 0.15) is 0 Å². The molecule has 0 fully saturated rings. The van der Waals surface area contributed by atoms with E-state index in [1.54, 1.807) is 0 Å². The highest BCUT2D eigenvalue weighted by Gasteiger charge is 2.33. The number of H-pyrrole nitrogens is 1. The van der Waals surface area contributed by atoms with E-state index >= 15 is 0 Å². The number of benzene rings is 1. The van der Waals surface area contributed by atoms with Gasteiger partial charge in [-0.05, 0) is 79.9 Å². The number of carbonyl (C=O) groups is 1. The fourth-order valence-electron chi connectivity index (χ4n) is 3.02. The monoisotopic (exact) mass is 379 g/mol. The predicted octanol–water partition coefficient (Wildman–Crippen LogP) is 3.58. The van der Waals surface area contributed by atoms with Crippen molar-refractivity contribution in [3.63, 3.8) is 0 Å². The number of aromatic nitrogens is 1. The zero-order valence-corrected chi connectivity index (χ0v) is 16.0. The van der Waals surface area contributed by atoms with E-state index in [2.05, 4.69) is 27.0 Å². The Bertz CT molecular complexity index is 702. The Morgan fingerprint density at radius 3 is 2.52 bits per heavy atom. The van der Waals surface area contributed by atoms with Crippen LogP contribution in [0.5, 0.6) is 0 Å². The first kappa shape index (κ1) is 18.0. The molecule has 0 aliphatic heterocycles. The van der Waals surface area contributed by atoms with E-state index in [0.717, 1.165) is 40.6 Å². The molecule has 1 amide bonds. The third-order valence-corrected chi connectivity index (χ3v) is 5.23. The molecule has 0 radical (unpaired) electrons. The molecule has 126 valence electrons. The van der Waals surface area contributed by atoms with Crippen LogP contribution in [0, 0.1) is 0 Å². The summed E-state index contributed by atoms with van der Waals surface area (Å²) in [7, 11) is 0. The van der Waals surface area contributed by atoms with Crippen molar-refractivity contribution in [2.24, 2.45) is 5.73 Å². The zero-order valence-electron chi connectivity index (χ0n) is 14.4. The molecule has 0 saturated heterocycles. The number of hydrogen-bond donors (Lipinski definition) is 2. The zero-order chi connectivity index (χ0) is 17.2. The van der Waals surface area contributed by atoms with E-state index < -0.39 is 5.41 Å². The summed E-state index contributed by atoms with van der Waals surface area (Å²) in [5.41, 5.74) is 8.46. The van der Waals surface area contributed by atoms with Gasteiger partial charge in [-0.15, -0.1) is 0 Å². The number of nitrogens with zero attached hydrogens (tertiary/aromatic N) is 1. The summed E-state index contributed by atoms with van der Waals surface area (Å²) in [6, 6.07) is 6.22. The SMILES string of the molecule is CCN(CC)C(=O)C(C)(C)c1ccc2[nH]c(Br)c(CCN)c2c1. The van der Waals surface area contributed by atoms with Gasteiger partial charge in [0.25, 0.3) is 0 Å². The van der Waals surface area contributed by atoms with Crippen LogP contribution in [-0.2, 0) is 16.6 Å². The van der Waals surface area contributed by atoms with Crippen molar-refractivity contribution in [1.82, 2.24) is 9.88 Å². The molecular formula is C18H26BrN3O. The second-order valence-corrected chi connectivity index (χ2v) is 7.11. The van der Waals surface area contributed by atoms with Crippen LogP contribution >= 0.6 is 15.9 Å². The molecule has 23 heavy (non-hydrogen) atoms. The fraction of sp³-hybridized carbons (Fsp3) is 0.500. The van der Waals surface area contributed by atoms with Crippen LogP contribution < -0.4 is 5.73 Å². The van der Waals surface area contributed by atoms with Gasteiger partial charge in [0.2, 0.25) is 5.91 Å². The van der Waals surface area contributed by atoms with Crippen LogP contribution in [0.1, 0.15) is 38.8 Å². The minimum Gasteiger partial charge on any atom is -0.349 e. The third kappa shape index (κ3) is 3.31. The molecule has 0 bridgehead atoms. The molecule has 1 aromatic carbocycles. The lowest BCUT2D eigenvalue weighted by Crippen LogP contribution is -2.43. The standard InChI is InChI=1S/C18H26BrN3O/c1-5-22(6-2)17(23)18(3,4)12-7-8-15-14(11-12)13(9-10-20)16(19)21-15/h7-8,11,21H,5-6,9-10,20H2,1-4H3. The van der Waals surface area contributed by atoms with E-state index in [-0.39, 0.29) is 5.91 Å². The van der Waals surface area contributed by atoms with E-state index in [1.807, 2.05) is 44.7 Å². The summed E-state index contributed by atoms with van der Waals surface area (Å²) in [6.07, 6.45) is 0.800. The summed E-state index contributed by atoms with van der Waals surface area (Å²) < 4.78 is 0.975. The van der Waals surface area contributed by atoms with Crippen LogP contribution in [0.15, 0.2) is 22.8 Å². The van der Waals surface area contributed by atoms with Crippen LogP contribution in [0.2, 0.25) is 0 Å². The number of nitrogens with two attached hydrogens (primary N) is 1. The summed E-state index contributed by atoms with van der Waals surface area (Å²) in [5, 5.41) is 1.14. The van der Waals surface area contributed by atoms with Crippen LogP contribution in [-0.4, -0.2) is 35.4 Å². The Labute approximate surface area is 146 Å². The van der Waals surface area contributed by atoms with Gasteiger partial charge in [-0.1, -0.05) is 6.07 Å². The average molecular weight is 380 g/mol. The maximum Gasteiger partial charge on any atom is 0.232 e. The van der Waals surface area contributed by atoms with Crippen molar-refractivity contribution in [3.8, 4) is 0 Å². The molecule has 3 N–H and O–H groups in total. The summed E-state index contributed by atoms with van der Waals surface area (Å²) >= 11 is 3.57. The van der Waals surface area contributed by atoms with Crippen molar-refractivity contribution < 1.29 is 4.79 Å². The first-order valence-corrected chi connectivity index (χ1v) is 8.96. The highest BCUT2D eigenvalue weighted by molar-refractivity contribution is 9.10. The van der Waals surface area contributed by atoms with Crippen molar-refractivity contribution >= 4 is 32.7 Å². The number of hydrogen-bond acceptors (Lipinski definition) is 2. The summed E-state index contributed by atoms with van der Waals surface area (Å²) in [5.74, 6) is 0.164. The van der Waals surface area contributed by atoms with Gasteiger partial charge < -0.3 is 15.6 Å². The van der Waals surface area contributed by atoms with Crippen LogP contribution in [0.4, 0.5) is 0 Å². The lowest BCUT2D eigenvalue weighted by Gasteiger charge is -2.31. The molecule has 0 aliphatic carbocycles. The van der Waals surface area contributed by atoms with Crippen molar-refractivity contribution in [3.05, 3.63) is 33.9 Å². The van der Waals surface area contributed by atoms with Crippen molar-refractivity contribution in [1.29, 1.82) is 0 Å². The Morgan fingerprint density at radius 2 is 1.96 bits per heavy atom. The molecule has 0 unspecified atom stereocenters. The summed E-state index contributed by atoms with van der Waals surface area (Å²) in [4.78, 5) is 18.1. The normalized spacial score (nSPS) is 11.9. The molecule has 0 atom stereocenters. The number of likely N-dealkylation sites (N-methyl/N-ethyl adjacent to an activating group) is 1. The minimum atomic E-state index is -0.552. The number of nitrogens with one attached hydrogen (secondary N) is 1. The van der Waals surface area contributed by atoms with Gasteiger partial charge in [0, 0.05) is 24.0 Å². The molecule has 2 aromatic rings. The van der Waals surface area contributed by atoms with Gasteiger partial charge in [0.15, 0.2) is 0 Å². The molecule has 5 heteroatoms. The van der Waals surface area contributed by atoms with Crippen LogP contribution in [0.25, 0.3) is 10.9 Å². The molecular weight excluding hydrogens is 354 g/mol. The lowest BCUT2D eigenvalue weighted by molar-refractivity contribution is -0.135. The van der Waals surface area contributed by atoms with E-state index in [1.165, 1.54) is 5.56 Å².